The number of carbonyl (C=O) groups excluding carboxylic acids is 1. The molecule has 3 aromatic carbocycles. The van der Waals surface area contributed by atoms with Crippen molar-refractivity contribution < 1.29 is 23.4 Å². The van der Waals surface area contributed by atoms with Gasteiger partial charge in [0.05, 0.1) is 19.3 Å². The van der Waals surface area contributed by atoms with E-state index in [1.807, 2.05) is 30.3 Å². The van der Waals surface area contributed by atoms with Gasteiger partial charge in [-0.3, -0.25) is 4.79 Å². The zero-order valence-corrected chi connectivity index (χ0v) is 22.5. The van der Waals surface area contributed by atoms with E-state index in [1.54, 1.807) is 38.5 Å². The molecule has 0 heterocycles. The SMILES string of the molecule is COCOc1ccc([Si](OCc2ccccc2)(C(C)C)C(C)C)cc1C(=O)c1ccc(OC)cc1. The fourth-order valence-electron chi connectivity index (χ4n) is 4.62. The van der Waals surface area contributed by atoms with E-state index in [4.69, 9.17) is 18.6 Å². The second-order valence-corrected chi connectivity index (χ2v) is 14.0. The van der Waals surface area contributed by atoms with Gasteiger partial charge in [0.2, 0.25) is 8.32 Å². The van der Waals surface area contributed by atoms with E-state index in [-0.39, 0.29) is 12.6 Å². The summed E-state index contributed by atoms with van der Waals surface area (Å²) in [4.78, 5) is 13.6. The number of carbonyl (C=O) groups is 1. The van der Waals surface area contributed by atoms with Crippen LogP contribution in [-0.2, 0) is 15.8 Å². The fraction of sp³-hybridized carbons (Fsp3) is 0.345. The van der Waals surface area contributed by atoms with E-state index in [0.717, 1.165) is 10.8 Å². The zero-order valence-electron chi connectivity index (χ0n) is 21.5. The van der Waals surface area contributed by atoms with Crippen molar-refractivity contribution in [2.75, 3.05) is 21.0 Å². The molecule has 3 aromatic rings. The van der Waals surface area contributed by atoms with Crippen LogP contribution >= 0.6 is 0 Å². The molecule has 35 heavy (non-hydrogen) atoms. The summed E-state index contributed by atoms with van der Waals surface area (Å²) in [6.45, 7) is 9.47. The van der Waals surface area contributed by atoms with Crippen molar-refractivity contribution in [1.29, 1.82) is 0 Å². The summed E-state index contributed by atoms with van der Waals surface area (Å²) < 4.78 is 23.0. The van der Waals surface area contributed by atoms with E-state index >= 15 is 0 Å². The molecule has 0 bridgehead atoms. The van der Waals surface area contributed by atoms with Gasteiger partial charge in [0.15, 0.2) is 12.6 Å². The second-order valence-electron chi connectivity index (χ2n) is 9.20. The molecule has 186 valence electrons. The van der Waals surface area contributed by atoms with Crippen LogP contribution in [-0.4, -0.2) is 35.1 Å². The predicted molar refractivity (Wildman–Crippen MR) is 142 cm³/mol. The zero-order chi connectivity index (χ0) is 25.4. The Balaban J connectivity index is 2.08. The molecular formula is C29H36O5Si. The molecule has 0 aliphatic carbocycles. The van der Waals surface area contributed by atoms with Crippen LogP contribution < -0.4 is 14.7 Å². The maximum absolute atomic E-state index is 13.6. The molecule has 0 aliphatic heterocycles. The van der Waals surface area contributed by atoms with Crippen molar-refractivity contribution in [2.45, 2.75) is 45.4 Å². The van der Waals surface area contributed by atoms with E-state index < -0.39 is 8.32 Å². The van der Waals surface area contributed by atoms with Crippen LogP contribution in [0.25, 0.3) is 0 Å². The summed E-state index contributed by atoms with van der Waals surface area (Å²) in [5.74, 6) is 1.08. The molecule has 0 aliphatic rings. The molecule has 0 atom stereocenters. The molecule has 0 saturated carbocycles. The van der Waals surface area contributed by atoms with E-state index in [9.17, 15) is 4.79 Å². The maximum Gasteiger partial charge on any atom is 0.229 e. The average Bonchev–Trinajstić information content (AvgIpc) is 2.88. The Bertz CT molecular complexity index is 1090. The average molecular weight is 493 g/mol. The fourth-order valence-corrected chi connectivity index (χ4v) is 9.24. The largest absolute Gasteiger partial charge is 0.497 e. The molecule has 0 N–H and O–H groups in total. The van der Waals surface area contributed by atoms with E-state index in [2.05, 4.69) is 45.9 Å². The number of hydrogen-bond donors (Lipinski definition) is 0. The van der Waals surface area contributed by atoms with Gasteiger partial charge in [0, 0.05) is 12.7 Å². The lowest BCUT2D eigenvalue weighted by Crippen LogP contribution is -2.56. The monoisotopic (exact) mass is 492 g/mol. The molecule has 0 saturated heterocycles. The Kier molecular flexibility index (Phi) is 9.26. The van der Waals surface area contributed by atoms with Gasteiger partial charge in [0.25, 0.3) is 0 Å². The first-order chi connectivity index (χ1) is 16.8. The standard InChI is InChI=1S/C29H36O5Si/c1-21(2)35(22(3)4,34-19-23-10-8-7-9-11-23)26-16-17-28(33-20-31-5)27(18-26)29(30)24-12-14-25(32-6)15-13-24/h7-18,21-22H,19-20H2,1-6H3. The van der Waals surface area contributed by atoms with Crippen LogP contribution in [0.5, 0.6) is 11.5 Å². The molecule has 0 spiro atoms. The van der Waals surface area contributed by atoms with Gasteiger partial charge in [-0.15, -0.1) is 0 Å². The Hall–Kier alpha value is -2.93. The number of hydrogen-bond acceptors (Lipinski definition) is 5. The molecule has 0 radical (unpaired) electrons. The highest BCUT2D eigenvalue weighted by atomic mass is 28.4. The highest BCUT2D eigenvalue weighted by Crippen LogP contribution is 2.35. The van der Waals surface area contributed by atoms with Gasteiger partial charge in [-0.05, 0) is 58.2 Å². The van der Waals surface area contributed by atoms with Gasteiger partial charge >= 0.3 is 0 Å². The highest BCUT2D eigenvalue weighted by molar-refractivity contribution is 6.88. The minimum absolute atomic E-state index is 0.0592. The third-order valence-corrected chi connectivity index (χ3v) is 11.7. The Morgan fingerprint density at radius 2 is 1.51 bits per heavy atom. The number of methoxy groups -OCH3 is 2. The van der Waals surface area contributed by atoms with Gasteiger partial charge in [-0.1, -0.05) is 64.1 Å². The lowest BCUT2D eigenvalue weighted by molar-refractivity contribution is 0.0503. The molecule has 0 aromatic heterocycles. The van der Waals surface area contributed by atoms with Crippen molar-refractivity contribution in [3.05, 3.63) is 89.5 Å². The van der Waals surface area contributed by atoms with Crippen LogP contribution in [0.4, 0.5) is 0 Å². The molecule has 0 amide bonds. The van der Waals surface area contributed by atoms with Crippen LogP contribution in [0.2, 0.25) is 11.1 Å². The summed E-state index contributed by atoms with van der Waals surface area (Å²) in [5, 5.41) is 1.08. The van der Waals surface area contributed by atoms with Gasteiger partial charge < -0.3 is 18.6 Å². The Morgan fingerprint density at radius 3 is 2.09 bits per heavy atom. The van der Waals surface area contributed by atoms with Gasteiger partial charge in [0.1, 0.15) is 11.5 Å². The number of rotatable bonds is 12. The van der Waals surface area contributed by atoms with Gasteiger partial charge in [-0.2, -0.15) is 0 Å². The van der Waals surface area contributed by atoms with Crippen molar-refractivity contribution in [3.8, 4) is 11.5 Å². The summed E-state index contributed by atoms with van der Waals surface area (Å²) >= 11 is 0. The topological polar surface area (TPSA) is 54.0 Å². The van der Waals surface area contributed by atoms with Crippen molar-refractivity contribution >= 4 is 19.3 Å². The van der Waals surface area contributed by atoms with Crippen LogP contribution in [0.3, 0.4) is 0 Å². The van der Waals surface area contributed by atoms with Crippen molar-refractivity contribution in [1.82, 2.24) is 0 Å². The van der Waals surface area contributed by atoms with Crippen LogP contribution in [0, 0.1) is 0 Å². The van der Waals surface area contributed by atoms with Crippen molar-refractivity contribution in [2.24, 2.45) is 0 Å². The highest BCUT2D eigenvalue weighted by Gasteiger charge is 2.44. The first-order valence-electron chi connectivity index (χ1n) is 12.0. The van der Waals surface area contributed by atoms with E-state index in [0.29, 0.717) is 40.3 Å². The number of ether oxygens (including phenoxy) is 3. The molecule has 3 rings (SSSR count). The van der Waals surface area contributed by atoms with Crippen molar-refractivity contribution in [3.63, 3.8) is 0 Å². The quantitative estimate of drug-likeness (QED) is 0.174. The smallest absolute Gasteiger partial charge is 0.229 e. The number of benzene rings is 3. The molecule has 0 fully saturated rings. The third-order valence-electron chi connectivity index (χ3n) is 6.40. The normalized spacial score (nSPS) is 11.7. The molecular weight excluding hydrogens is 456 g/mol. The first kappa shape index (κ1) is 26.7. The first-order valence-corrected chi connectivity index (χ1v) is 14.0. The summed E-state index contributed by atoms with van der Waals surface area (Å²) in [6, 6.07) is 23.3. The summed E-state index contributed by atoms with van der Waals surface area (Å²) in [6.07, 6.45) is 0. The second kappa shape index (κ2) is 12.2. The lowest BCUT2D eigenvalue weighted by Gasteiger charge is -2.39. The van der Waals surface area contributed by atoms with Crippen LogP contribution in [0.1, 0.15) is 49.2 Å². The predicted octanol–water partition coefficient (Wildman–Crippen LogP) is 6.10. The van der Waals surface area contributed by atoms with E-state index in [1.165, 1.54) is 0 Å². The third kappa shape index (κ3) is 6.01. The minimum atomic E-state index is -2.52. The maximum atomic E-state index is 13.6. The van der Waals surface area contributed by atoms with Crippen LogP contribution in [0.15, 0.2) is 72.8 Å². The number of ketones is 1. The molecule has 0 unspecified atom stereocenters. The Labute approximate surface area is 210 Å². The molecule has 6 heteroatoms. The lowest BCUT2D eigenvalue weighted by atomic mass is 10.0. The summed E-state index contributed by atoms with van der Waals surface area (Å²) in [5.41, 5.74) is 2.80. The summed E-state index contributed by atoms with van der Waals surface area (Å²) in [7, 11) is 0.652. The Morgan fingerprint density at radius 1 is 0.857 bits per heavy atom. The van der Waals surface area contributed by atoms with Gasteiger partial charge in [-0.25, -0.2) is 0 Å². The minimum Gasteiger partial charge on any atom is -0.497 e. The molecule has 5 nitrogen and oxygen atoms in total.